The SMILES string of the molecule is CC(C)(C)c1ccc(Nc2ccc(C(C)(C)C)cc2-c2ccc3c4cc5c(cc4n4c3c2Bc2cc3c(cc2-4)-c2ccccc2C3(C)C)sc2ccccc25)cc1. The molecular formula is C53H47BN2S. The van der Waals surface area contributed by atoms with Gasteiger partial charge < -0.3 is 9.88 Å². The molecule has 2 nitrogen and oxygen atoms in total. The standard InChI is InChI=1S/C53H47BN2S/c1-51(2,3)30-17-20-32(21-18-30)55-44-24-19-31(52(4,5)6)25-38(44)35-22-23-36-39-26-40-34-14-10-12-16-47(34)57-48(40)29-45(39)56-46-27-37-33-13-9-11-15-41(33)53(7,8)42(37)28-43(46)54-49(35)50(36)56/h9-29,54-55H,1-8H3. The lowest BCUT2D eigenvalue weighted by atomic mass is 9.58. The van der Waals surface area contributed by atoms with Gasteiger partial charge in [0.15, 0.2) is 7.28 Å². The topological polar surface area (TPSA) is 17.0 Å². The van der Waals surface area contributed by atoms with Crippen LogP contribution in [0, 0.1) is 0 Å². The first-order chi connectivity index (χ1) is 27.3. The Hall–Kier alpha value is -5.58. The molecule has 1 N–H and O–H groups in total. The summed E-state index contributed by atoms with van der Waals surface area (Å²) in [5.41, 5.74) is 19.8. The number of nitrogens with one attached hydrogen (secondary N) is 1. The third kappa shape index (κ3) is 5.09. The summed E-state index contributed by atoms with van der Waals surface area (Å²) in [6.45, 7) is 18.6. The molecule has 7 aromatic carbocycles. The Morgan fingerprint density at radius 2 is 1.30 bits per heavy atom. The summed E-state index contributed by atoms with van der Waals surface area (Å²) in [7, 11) is 0.870. The van der Waals surface area contributed by atoms with Crippen LogP contribution in [0.25, 0.3) is 69.9 Å². The molecule has 0 bridgehead atoms. The van der Waals surface area contributed by atoms with Gasteiger partial charge >= 0.3 is 0 Å². The molecule has 3 heterocycles. The van der Waals surface area contributed by atoms with Crippen molar-refractivity contribution in [1.29, 1.82) is 0 Å². The summed E-state index contributed by atoms with van der Waals surface area (Å²) >= 11 is 1.91. The van der Waals surface area contributed by atoms with Crippen LogP contribution < -0.4 is 16.2 Å². The summed E-state index contributed by atoms with van der Waals surface area (Å²) in [6.07, 6.45) is 0. The van der Waals surface area contributed by atoms with Crippen LogP contribution in [0.1, 0.15) is 77.6 Å². The second-order valence-electron chi connectivity index (χ2n) is 19.1. The number of benzene rings is 7. The van der Waals surface area contributed by atoms with Crippen LogP contribution in [0.4, 0.5) is 11.4 Å². The molecule has 0 amide bonds. The highest BCUT2D eigenvalue weighted by Gasteiger charge is 2.38. The van der Waals surface area contributed by atoms with Crippen LogP contribution in [0.2, 0.25) is 0 Å². The fourth-order valence-electron chi connectivity index (χ4n) is 9.95. The maximum absolute atomic E-state index is 3.89. The van der Waals surface area contributed by atoms with Gasteiger partial charge in [-0.2, -0.15) is 0 Å². The average molecular weight is 755 g/mol. The Balaban J connectivity index is 1.20. The van der Waals surface area contributed by atoms with Gasteiger partial charge in [0.05, 0.1) is 5.52 Å². The molecule has 0 unspecified atom stereocenters. The van der Waals surface area contributed by atoms with Crippen molar-refractivity contribution in [1.82, 2.24) is 4.57 Å². The van der Waals surface area contributed by atoms with Gasteiger partial charge in [-0.05, 0) is 104 Å². The van der Waals surface area contributed by atoms with Crippen molar-refractivity contribution in [3.63, 3.8) is 0 Å². The minimum absolute atomic E-state index is 0.000130. The summed E-state index contributed by atoms with van der Waals surface area (Å²) in [5.74, 6) is 0. The minimum Gasteiger partial charge on any atom is -0.355 e. The zero-order chi connectivity index (χ0) is 39.2. The lowest BCUT2D eigenvalue weighted by Crippen LogP contribution is -2.38. The molecule has 0 radical (unpaired) electrons. The Morgan fingerprint density at radius 1 is 0.561 bits per heavy atom. The normalized spacial score (nSPS) is 14.2. The predicted molar refractivity (Wildman–Crippen MR) is 250 cm³/mol. The van der Waals surface area contributed by atoms with E-state index >= 15 is 0 Å². The van der Waals surface area contributed by atoms with Crippen molar-refractivity contribution in [2.45, 2.75) is 71.6 Å². The Bertz CT molecular complexity index is 3160. The highest BCUT2D eigenvalue weighted by atomic mass is 32.1. The number of nitrogens with zero attached hydrogens (tertiary/aromatic N) is 1. The third-order valence-electron chi connectivity index (χ3n) is 13.1. The number of hydrogen-bond acceptors (Lipinski definition) is 2. The lowest BCUT2D eigenvalue weighted by Gasteiger charge is -2.27. The first-order valence-corrected chi connectivity index (χ1v) is 21.3. The highest BCUT2D eigenvalue weighted by Crippen LogP contribution is 2.50. The largest absolute Gasteiger partial charge is 0.355 e. The minimum atomic E-state index is -0.0707. The molecule has 278 valence electrons. The lowest BCUT2D eigenvalue weighted by molar-refractivity contribution is 0.590. The van der Waals surface area contributed by atoms with Gasteiger partial charge in [-0.1, -0.05) is 140 Å². The summed E-state index contributed by atoms with van der Waals surface area (Å²) < 4.78 is 5.31. The van der Waals surface area contributed by atoms with Gasteiger partial charge in [0.25, 0.3) is 0 Å². The fourth-order valence-corrected chi connectivity index (χ4v) is 11.1. The van der Waals surface area contributed by atoms with Crippen LogP contribution in [0.15, 0.2) is 127 Å². The van der Waals surface area contributed by atoms with E-state index in [1.165, 1.54) is 103 Å². The molecule has 1 aliphatic carbocycles. The molecule has 11 rings (SSSR count). The summed E-state index contributed by atoms with van der Waals surface area (Å²) in [6, 6.07) is 48.9. The van der Waals surface area contributed by atoms with E-state index in [0.29, 0.717) is 0 Å². The van der Waals surface area contributed by atoms with E-state index in [4.69, 9.17) is 0 Å². The van der Waals surface area contributed by atoms with E-state index in [0.717, 1.165) is 18.7 Å². The summed E-state index contributed by atoms with van der Waals surface area (Å²) in [4.78, 5) is 0. The van der Waals surface area contributed by atoms with Crippen LogP contribution in [0.3, 0.4) is 0 Å². The van der Waals surface area contributed by atoms with Crippen molar-refractivity contribution in [2.24, 2.45) is 0 Å². The van der Waals surface area contributed by atoms with Gasteiger partial charge in [0.1, 0.15) is 0 Å². The van der Waals surface area contributed by atoms with E-state index in [-0.39, 0.29) is 16.2 Å². The molecule has 9 aromatic rings. The van der Waals surface area contributed by atoms with Crippen molar-refractivity contribution >= 4 is 82.9 Å². The number of hydrogen-bond donors (Lipinski definition) is 1. The van der Waals surface area contributed by atoms with E-state index < -0.39 is 0 Å². The molecule has 0 saturated carbocycles. The van der Waals surface area contributed by atoms with Crippen LogP contribution in [-0.2, 0) is 16.2 Å². The Kier molecular flexibility index (Phi) is 7.14. The second-order valence-corrected chi connectivity index (χ2v) is 20.2. The van der Waals surface area contributed by atoms with Crippen LogP contribution >= 0.6 is 11.3 Å². The van der Waals surface area contributed by atoms with Gasteiger partial charge in [0, 0.05) is 64.5 Å². The average Bonchev–Trinajstić information content (AvgIpc) is 3.79. The molecule has 0 spiro atoms. The van der Waals surface area contributed by atoms with Crippen molar-refractivity contribution in [2.75, 3.05) is 5.32 Å². The molecular weight excluding hydrogens is 707 g/mol. The molecule has 1 aliphatic heterocycles. The zero-order valence-corrected chi connectivity index (χ0v) is 35.0. The molecule has 57 heavy (non-hydrogen) atoms. The van der Waals surface area contributed by atoms with E-state index in [1.807, 2.05) is 11.3 Å². The molecule has 4 heteroatoms. The monoisotopic (exact) mass is 754 g/mol. The van der Waals surface area contributed by atoms with Gasteiger partial charge in [0.2, 0.25) is 0 Å². The number of aromatic nitrogens is 1. The number of anilines is 2. The second kappa shape index (κ2) is 11.7. The summed E-state index contributed by atoms with van der Waals surface area (Å²) in [5, 5.41) is 9.23. The van der Waals surface area contributed by atoms with Crippen LogP contribution in [0.5, 0.6) is 0 Å². The first-order valence-electron chi connectivity index (χ1n) is 20.5. The number of fused-ring (bicyclic) bond motifs is 11. The van der Waals surface area contributed by atoms with E-state index in [1.54, 1.807) is 0 Å². The van der Waals surface area contributed by atoms with E-state index in [9.17, 15) is 0 Å². The smallest absolute Gasteiger partial charge is 0.198 e. The van der Waals surface area contributed by atoms with Crippen molar-refractivity contribution in [3.8, 4) is 27.9 Å². The van der Waals surface area contributed by atoms with Crippen LogP contribution in [-0.4, -0.2) is 11.8 Å². The van der Waals surface area contributed by atoms with Gasteiger partial charge in [-0.25, -0.2) is 0 Å². The maximum atomic E-state index is 3.89. The number of thiophene rings is 1. The first kappa shape index (κ1) is 34.7. The maximum Gasteiger partial charge on any atom is 0.198 e. The van der Waals surface area contributed by atoms with E-state index in [2.05, 4.69) is 193 Å². The number of rotatable bonds is 3. The fraction of sp³-hybridized carbons (Fsp3) is 0.208. The van der Waals surface area contributed by atoms with Crippen molar-refractivity contribution in [3.05, 3.63) is 150 Å². The van der Waals surface area contributed by atoms with Gasteiger partial charge in [-0.3, -0.25) is 0 Å². The van der Waals surface area contributed by atoms with Gasteiger partial charge in [-0.15, -0.1) is 11.3 Å². The predicted octanol–water partition coefficient (Wildman–Crippen LogP) is 13.2. The quantitative estimate of drug-likeness (QED) is 0.178. The molecule has 2 aromatic heterocycles. The molecule has 0 atom stereocenters. The Labute approximate surface area is 340 Å². The molecule has 0 saturated heterocycles. The Morgan fingerprint density at radius 3 is 2.09 bits per heavy atom. The molecule has 0 fully saturated rings. The molecule has 2 aliphatic rings. The zero-order valence-electron chi connectivity index (χ0n) is 34.2. The van der Waals surface area contributed by atoms with Crippen molar-refractivity contribution < 1.29 is 0 Å². The highest BCUT2D eigenvalue weighted by molar-refractivity contribution is 7.25. The third-order valence-corrected chi connectivity index (χ3v) is 14.3.